The molecule has 0 aromatic heterocycles. The molecule has 0 unspecified atom stereocenters. The number of nitrogens with one attached hydrogen (secondary N) is 2. The molecule has 27 heavy (non-hydrogen) atoms. The summed E-state index contributed by atoms with van der Waals surface area (Å²) in [4.78, 5) is 25.3. The zero-order valence-electron chi connectivity index (χ0n) is 15.1. The van der Waals surface area contributed by atoms with E-state index in [1.54, 1.807) is 42.5 Å². The van der Waals surface area contributed by atoms with Crippen molar-refractivity contribution in [2.45, 2.75) is 38.1 Å². The van der Waals surface area contributed by atoms with Crippen molar-refractivity contribution in [3.05, 3.63) is 77.2 Å². The highest BCUT2D eigenvalue weighted by Gasteiger charge is 2.20. The smallest absolute Gasteiger partial charge is 0.268 e. The largest absolute Gasteiger partial charge is 0.348 e. The Hall–Kier alpha value is -2.95. The van der Waals surface area contributed by atoms with Crippen LogP contribution < -0.4 is 10.6 Å². The molecule has 0 atom stereocenters. The number of halogens is 1. The van der Waals surface area contributed by atoms with Gasteiger partial charge < -0.3 is 10.6 Å². The summed E-state index contributed by atoms with van der Waals surface area (Å²) in [6.07, 6.45) is 6.56. The van der Waals surface area contributed by atoms with Crippen LogP contribution >= 0.6 is 0 Å². The summed E-state index contributed by atoms with van der Waals surface area (Å²) < 4.78 is 14.0. The van der Waals surface area contributed by atoms with Crippen molar-refractivity contribution in [3.63, 3.8) is 0 Å². The normalized spacial score (nSPS) is 15.2. The van der Waals surface area contributed by atoms with E-state index in [0.717, 1.165) is 25.7 Å². The molecule has 0 heterocycles. The molecule has 2 aromatic rings. The number of hydrogen-bond donors (Lipinski definition) is 2. The summed E-state index contributed by atoms with van der Waals surface area (Å²) in [5.41, 5.74) is 0.724. The average molecular weight is 366 g/mol. The molecule has 4 nitrogen and oxygen atoms in total. The van der Waals surface area contributed by atoms with Gasteiger partial charge in [0.1, 0.15) is 11.5 Å². The summed E-state index contributed by atoms with van der Waals surface area (Å²) in [6.45, 7) is 0. The highest BCUT2D eigenvalue weighted by molar-refractivity contribution is 6.05. The van der Waals surface area contributed by atoms with E-state index in [1.807, 2.05) is 6.07 Å². The molecular weight excluding hydrogens is 343 g/mol. The second-order valence-corrected chi connectivity index (χ2v) is 6.71. The second-order valence-electron chi connectivity index (χ2n) is 6.71. The van der Waals surface area contributed by atoms with E-state index >= 15 is 0 Å². The van der Waals surface area contributed by atoms with E-state index in [0.29, 0.717) is 5.56 Å². The van der Waals surface area contributed by atoms with Crippen LogP contribution in [-0.4, -0.2) is 17.9 Å². The summed E-state index contributed by atoms with van der Waals surface area (Å²) in [6, 6.07) is 14.9. The predicted molar refractivity (Wildman–Crippen MR) is 103 cm³/mol. The zero-order chi connectivity index (χ0) is 19.1. The molecule has 1 aliphatic carbocycles. The molecule has 2 aromatic carbocycles. The zero-order valence-corrected chi connectivity index (χ0v) is 15.1. The van der Waals surface area contributed by atoms with Crippen molar-refractivity contribution in [1.82, 2.24) is 10.6 Å². The lowest BCUT2D eigenvalue weighted by molar-refractivity contribution is -0.118. The Balaban J connectivity index is 1.82. The van der Waals surface area contributed by atoms with Crippen molar-refractivity contribution < 1.29 is 14.0 Å². The van der Waals surface area contributed by atoms with Gasteiger partial charge in [0.05, 0.1) is 0 Å². The molecule has 1 aliphatic rings. The van der Waals surface area contributed by atoms with E-state index in [2.05, 4.69) is 10.6 Å². The first-order valence-corrected chi connectivity index (χ1v) is 9.27. The maximum atomic E-state index is 14.0. The molecule has 0 saturated heterocycles. The van der Waals surface area contributed by atoms with E-state index in [4.69, 9.17) is 0 Å². The Kier molecular flexibility index (Phi) is 6.36. The van der Waals surface area contributed by atoms with Crippen LogP contribution in [0.2, 0.25) is 0 Å². The fraction of sp³-hybridized carbons (Fsp3) is 0.273. The number of benzene rings is 2. The number of rotatable bonds is 5. The first-order valence-electron chi connectivity index (χ1n) is 9.27. The minimum atomic E-state index is -0.450. The predicted octanol–water partition coefficient (Wildman–Crippen LogP) is 4.05. The summed E-state index contributed by atoms with van der Waals surface area (Å²) in [5.74, 6) is -1.25. The minimum Gasteiger partial charge on any atom is -0.348 e. The van der Waals surface area contributed by atoms with Crippen LogP contribution in [0, 0.1) is 5.82 Å². The van der Waals surface area contributed by atoms with Crippen LogP contribution in [0.5, 0.6) is 0 Å². The van der Waals surface area contributed by atoms with Crippen LogP contribution in [0.3, 0.4) is 0 Å². The monoisotopic (exact) mass is 366 g/mol. The maximum absolute atomic E-state index is 14.0. The molecule has 2 N–H and O–H groups in total. The third-order valence-electron chi connectivity index (χ3n) is 4.67. The standard InChI is InChI=1S/C22H23FN2O2/c23-19-14-8-7-11-17(19)15-20(22(27)24-18-12-5-2-6-13-18)25-21(26)16-9-3-1-4-10-16/h1,3-4,7-11,14-15,18H,2,5-6,12-13H2,(H,24,27)(H,25,26)/b20-15+. The highest BCUT2D eigenvalue weighted by Crippen LogP contribution is 2.18. The van der Waals surface area contributed by atoms with Crippen molar-refractivity contribution >= 4 is 17.9 Å². The molecule has 1 saturated carbocycles. The van der Waals surface area contributed by atoms with Crippen LogP contribution in [0.1, 0.15) is 48.0 Å². The fourth-order valence-corrected chi connectivity index (χ4v) is 3.20. The Morgan fingerprint density at radius 2 is 1.59 bits per heavy atom. The Morgan fingerprint density at radius 1 is 0.926 bits per heavy atom. The van der Waals surface area contributed by atoms with Gasteiger partial charge >= 0.3 is 0 Å². The minimum absolute atomic E-state index is 0.0412. The number of carbonyl (C=O) groups excluding carboxylic acids is 2. The van der Waals surface area contributed by atoms with E-state index in [-0.39, 0.29) is 17.3 Å². The first kappa shape index (κ1) is 18.8. The van der Waals surface area contributed by atoms with Crippen molar-refractivity contribution in [2.75, 3.05) is 0 Å². The molecule has 5 heteroatoms. The third kappa shape index (κ3) is 5.26. The molecular formula is C22H23FN2O2. The topological polar surface area (TPSA) is 58.2 Å². The van der Waals surface area contributed by atoms with Crippen LogP contribution in [-0.2, 0) is 4.79 Å². The molecule has 2 amide bonds. The summed E-state index contributed by atoms with van der Waals surface area (Å²) in [5, 5.41) is 5.61. The lowest BCUT2D eigenvalue weighted by Crippen LogP contribution is -2.41. The van der Waals surface area contributed by atoms with E-state index in [9.17, 15) is 14.0 Å². The molecule has 0 bridgehead atoms. The van der Waals surface area contributed by atoms with Crippen LogP contribution in [0.25, 0.3) is 6.08 Å². The molecule has 140 valence electrons. The fourth-order valence-electron chi connectivity index (χ4n) is 3.20. The molecule has 1 fully saturated rings. The second kappa shape index (κ2) is 9.12. The summed E-state index contributed by atoms with van der Waals surface area (Å²) in [7, 11) is 0. The van der Waals surface area contributed by atoms with Gasteiger partial charge in [-0.15, -0.1) is 0 Å². The van der Waals surface area contributed by atoms with Gasteiger partial charge in [-0.05, 0) is 37.1 Å². The lowest BCUT2D eigenvalue weighted by atomic mass is 9.95. The van der Waals surface area contributed by atoms with Gasteiger partial charge in [-0.25, -0.2) is 4.39 Å². The average Bonchev–Trinajstić information content (AvgIpc) is 2.70. The number of carbonyl (C=O) groups is 2. The van der Waals surface area contributed by atoms with Crippen LogP contribution in [0.15, 0.2) is 60.3 Å². The SMILES string of the molecule is O=C(NC1CCCCC1)/C(=C\c1ccccc1F)NC(=O)c1ccccc1. The third-order valence-corrected chi connectivity index (χ3v) is 4.67. The van der Waals surface area contributed by atoms with Gasteiger partial charge in [-0.1, -0.05) is 55.7 Å². The van der Waals surface area contributed by atoms with Gasteiger partial charge in [0.2, 0.25) is 0 Å². The molecule has 3 rings (SSSR count). The van der Waals surface area contributed by atoms with Gasteiger partial charge in [0.15, 0.2) is 0 Å². The lowest BCUT2D eigenvalue weighted by Gasteiger charge is -2.23. The van der Waals surface area contributed by atoms with E-state index in [1.165, 1.54) is 18.6 Å². The van der Waals surface area contributed by atoms with Gasteiger partial charge in [-0.3, -0.25) is 9.59 Å². The van der Waals surface area contributed by atoms with Crippen molar-refractivity contribution in [1.29, 1.82) is 0 Å². The number of hydrogen-bond acceptors (Lipinski definition) is 2. The van der Waals surface area contributed by atoms with Crippen molar-refractivity contribution in [2.24, 2.45) is 0 Å². The van der Waals surface area contributed by atoms with Crippen LogP contribution in [0.4, 0.5) is 4.39 Å². The first-order chi connectivity index (χ1) is 13.1. The van der Waals surface area contributed by atoms with Crippen molar-refractivity contribution in [3.8, 4) is 0 Å². The Morgan fingerprint density at radius 3 is 2.30 bits per heavy atom. The Labute approximate surface area is 158 Å². The van der Waals surface area contributed by atoms with Gasteiger partial charge in [0, 0.05) is 17.2 Å². The highest BCUT2D eigenvalue weighted by atomic mass is 19.1. The Bertz CT molecular complexity index is 827. The van der Waals surface area contributed by atoms with E-state index < -0.39 is 17.6 Å². The summed E-state index contributed by atoms with van der Waals surface area (Å²) >= 11 is 0. The van der Waals surface area contributed by atoms with Gasteiger partial charge in [-0.2, -0.15) is 0 Å². The quantitative estimate of drug-likeness (QED) is 0.785. The molecule has 0 aliphatic heterocycles. The van der Waals surface area contributed by atoms with Gasteiger partial charge in [0.25, 0.3) is 11.8 Å². The number of amides is 2. The molecule has 0 radical (unpaired) electrons. The molecule has 0 spiro atoms. The maximum Gasteiger partial charge on any atom is 0.268 e.